The number of carbonyl (C=O) groups is 1. The van der Waals surface area contributed by atoms with Crippen LogP contribution in [0.25, 0.3) is 0 Å². The number of amides is 1. The molecule has 10 heteroatoms. The van der Waals surface area contributed by atoms with Crippen LogP contribution in [0.1, 0.15) is 48.8 Å². The van der Waals surface area contributed by atoms with Gasteiger partial charge in [-0.2, -0.15) is 18.2 Å². The van der Waals surface area contributed by atoms with Gasteiger partial charge in [0.2, 0.25) is 0 Å². The summed E-state index contributed by atoms with van der Waals surface area (Å²) < 4.78 is 75.8. The van der Waals surface area contributed by atoms with Crippen LogP contribution < -0.4 is 5.49 Å². The van der Waals surface area contributed by atoms with Crippen LogP contribution >= 0.6 is 0 Å². The number of nitrogens with zero attached hydrogens (tertiary/aromatic N) is 3. The summed E-state index contributed by atoms with van der Waals surface area (Å²) in [4.78, 5) is 16.5. The fourth-order valence-corrected chi connectivity index (χ4v) is 3.57. The van der Waals surface area contributed by atoms with Crippen LogP contribution in [-0.4, -0.2) is 34.2 Å². The molecule has 2 atom stereocenters. The van der Waals surface area contributed by atoms with Crippen molar-refractivity contribution in [2.45, 2.75) is 57.6 Å². The van der Waals surface area contributed by atoms with Gasteiger partial charge in [-0.05, 0) is 18.2 Å². The summed E-state index contributed by atoms with van der Waals surface area (Å²) in [6.07, 6.45) is -6.42. The minimum Gasteiger partial charge on any atom is -0.373 e. The van der Waals surface area contributed by atoms with Crippen molar-refractivity contribution in [1.82, 2.24) is 9.36 Å². The molecular formula is C21H24F5N3O2. The average molecular weight is 445 g/mol. The van der Waals surface area contributed by atoms with E-state index in [0.717, 1.165) is 5.69 Å². The van der Waals surface area contributed by atoms with E-state index in [4.69, 9.17) is 4.74 Å². The van der Waals surface area contributed by atoms with Gasteiger partial charge in [-0.1, -0.05) is 20.8 Å². The van der Waals surface area contributed by atoms with Gasteiger partial charge in [0.1, 0.15) is 18.1 Å². The number of ether oxygens (including phenoxy) is 1. The van der Waals surface area contributed by atoms with Crippen LogP contribution in [0.4, 0.5) is 22.0 Å². The van der Waals surface area contributed by atoms with Gasteiger partial charge in [-0.15, -0.1) is 0 Å². The van der Waals surface area contributed by atoms with E-state index in [9.17, 15) is 26.7 Å². The molecule has 1 aromatic heterocycles. The molecule has 31 heavy (non-hydrogen) atoms. The largest absolute Gasteiger partial charge is 0.416 e. The van der Waals surface area contributed by atoms with Crippen LogP contribution in [0.3, 0.4) is 0 Å². The normalized spacial score (nSPS) is 20.5. The molecule has 0 spiro atoms. The predicted molar refractivity (Wildman–Crippen MR) is 103 cm³/mol. The SMILES string of the molecule is Cn1c(C(C)(C)C)c/c(=N\C(=O)c2cc(C(F)(F)F)ccc2F)n1C[C@H]1OCC[C@H]1F. The van der Waals surface area contributed by atoms with E-state index in [1.165, 1.54) is 4.68 Å². The molecule has 2 heterocycles. The summed E-state index contributed by atoms with van der Waals surface area (Å²) in [5.74, 6) is -2.27. The van der Waals surface area contributed by atoms with Crippen molar-refractivity contribution in [2.75, 3.05) is 6.61 Å². The Balaban J connectivity index is 2.10. The van der Waals surface area contributed by atoms with E-state index in [0.29, 0.717) is 18.2 Å². The highest BCUT2D eigenvalue weighted by atomic mass is 19.4. The molecule has 5 nitrogen and oxygen atoms in total. The summed E-state index contributed by atoms with van der Waals surface area (Å²) in [6.45, 7) is 6.09. The van der Waals surface area contributed by atoms with Crippen LogP contribution in [0.2, 0.25) is 0 Å². The number of hydrogen-bond acceptors (Lipinski definition) is 2. The Morgan fingerprint density at radius 2 is 1.90 bits per heavy atom. The Labute approximate surface area is 176 Å². The summed E-state index contributed by atoms with van der Waals surface area (Å²) in [5.41, 5.74) is -1.49. The molecule has 1 saturated heterocycles. The Bertz CT molecular complexity index is 1050. The minimum atomic E-state index is -4.73. The number of aromatic nitrogens is 2. The third-order valence-electron chi connectivity index (χ3n) is 5.23. The molecular weight excluding hydrogens is 421 g/mol. The van der Waals surface area contributed by atoms with E-state index in [2.05, 4.69) is 4.99 Å². The van der Waals surface area contributed by atoms with Crippen LogP contribution in [0.15, 0.2) is 29.3 Å². The van der Waals surface area contributed by atoms with Gasteiger partial charge in [0.15, 0.2) is 5.49 Å². The lowest BCUT2D eigenvalue weighted by molar-refractivity contribution is -0.137. The van der Waals surface area contributed by atoms with Gasteiger partial charge in [-0.25, -0.2) is 8.78 Å². The highest BCUT2D eigenvalue weighted by molar-refractivity contribution is 5.95. The van der Waals surface area contributed by atoms with E-state index in [1.807, 2.05) is 20.8 Å². The van der Waals surface area contributed by atoms with E-state index in [-0.39, 0.29) is 30.5 Å². The fourth-order valence-electron chi connectivity index (χ4n) is 3.57. The number of rotatable bonds is 3. The van der Waals surface area contributed by atoms with Crippen molar-refractivity contribution in [3.05, 3.63) is 52.4 Å². The lowest BCUT2D eigenvalue weighted by Gasteiger charge is -2.22. The molecule has 1 amide bonds. The van der Waals surface area contributed by atoms with Crippen LogP contribution in [-0.2, 0) is 29.9 Å². The highest BCUT2D eigenvalue weighted by Gasteiger charge is 2.33. The second-order valence-corrected chi connectivity index (χ2v) is 8.57. The summed E-state index contributed by atoms with van der Waals surface area (Å²) in [7, 11) is 1.71. The summed E-state index contributed by atoms with van der Waals surface area (Å²) >= 11 is 0. The first-order valence-electron chi connectivity index (χ1n) is 9.78. The molecule has 1 aromatic carbocycles. The van der Waals surface area contributed by atoms with Gasteiger partial charge in [-0.3, -0.25) is 14.2 Å². The van der Waals surface area contributed by atoms with Crippen molar-refractivity contribution in [2.24, 2.45) is 12.0 Å². The zero-order valence-corrected chi connectivity index (χ0v) is 17.6. The van der Waals surface area contributed by atoms with Gasteiger partial charge in [0.05, 0.1) is 24.3 Å². The molecule has 0 saturated carbocycles. The first-order chi connectivity index (χ1) is 14.3. The molecule has 1 aliphatic rings. The monoisotopic (exact) mass is 445 g/mol. The molecule has 170 valence electrons. The summed E-state index contributed by atoms with van der Waals surface area (Å²) in [6, 6.07) is 3.18. The van der Waals surface area contributed by atoms with E-state index < -0.39 is 41.3 Å². The van der Waals surface area contributed by atoms with Gasteiger partial charge < -0.3 is 4.74 Å². The van der Waals surface area contributed by atoms with Gasteiger partial charge in [0, 0.05) is 30.6 Å². The number of benzene rings is 1. The van der Waals surface area contributed by atoms with E-state index >= 15 is 0 Å². The molecule has 0 N–H and O–H groups in total. The molecule has 1 aliphatic heterocycles. The zero-order valence-electron chi connectivity index (χ0n) is 17.6. The van der Waals surface area contributed by atoms with Crippen LogP contribution in [0.5, 0.6) is 0 Å². The highest BCUT2D eigenvalue weighted by Crippen LogP contribution is 2.30. The maximum Gasteiger partial charge on any atom is 0.416 e. The topological polar surface area (TPSA) is 48.5 Å². The molecule has 0 bridgehead atoms. The Hall–Kier alpha value is -2.49. The Kier molecular flexibility index (Phi) is 6.14. The summed E-state index contributed by atoms with van der Waals surface area (Å²) in [5, 5.41) is 0. The molecule has 0 aliphatic carbocycles. The van der Waals surface area contributed by atoms with Crippen molar-refractivity contribution in [1.29, 1.82) is 0 Å². The minimum absolute atomic E-state index is 0.0466. The molecule has 2 aromatic rings. The third-order valence-corrected chi connectivity index (χ3v) is 5.23. The second-order valence-electron chi connectivity index (χ2n) is 8.57. The van der Waals surface area contributed by atoms with E-state index in [1.54, 1.807) is 17.8 Å². The first kappa shape index (κ1) is 23.2. The number of hydrogen-bond donors (Lipinski definition) is 0. The van der Waals surface area contributed by atoms with Crippen molar-refractivity contribution < 1.29 is 31.5 Å². The third kappa shape index (κ3) is 4.89. The smallest absolute Gasteiger partial charge is 0.373 e. The lowest BCUT2D eigenvalue weighted by Crippen LogP contribution is -2.33. The fraction of sp³-hybridized carbons (Fsp3) is 0.524. The zero-order chi connectivity index (χ0) is 23.1. The number of carbonyl (C=O) groups excluding carboxylic acids is 1. The van der Waals surface area contributed by atoms with Crippen molar-refractivity contribution in [3.63, 3.8) is 0 Å². The Morgan fingerprint density at radius 3 is 2.45 bits per heavy atom. The van der Waals surface area contributed by atoms with Gasteiger partial charge >= 0.3 is 6.18 Å². The standard InChI is InChI=1S/C21H24F5N3O2/c1-20(2,3)17-10-18(29(28(17)4)11-16-15(23)7-8-31-16)27-19(30)13-9-12(21(24,25)26)5-6-14(13)22/h5-6,9-10,15-16H,7-8,11H2,1-4H3/b27-18+/t15-,16-/m1/s1. The Morgan fingerprint density at radius 1 is 1.23 bits per heavy atom. The second kappa shape index (κ2) is 8.22. The quantitative estimate of drug-likeness (QED) is 0.667. The van der Waals surface area contributed by atoms with Crippen molar-refractivity contribution >= 4 is 5.91 Å². The number of halogens is 5. The van der Waals surface area contributed by atoms with Crippen molar-refractivity contribution in [3.8, 4) is 0 Å². The molecule has 0 radical (unpaired) electrons. The maximum atomic E-state index is 14.1. The molecule has 3 rings (SSSR count). The molecule has 1 fully saturated rings. The maximum absolute atomic E-state index is 14.1. The van der Waals surface area contributed by atoms with Crippen LogP contribution in [0, 0.1) is 5.82 Å². The number of alkyl halides is 4. The van der Waals surface area contributed by atoms with Gasteiger partial charge in [0.25, 0.3) is 5.91 Å². The average Bonchev–Trinajstić information content (AvgIpc) is 3.19. The predicted octanol–water partition coefficient (Wildman–Crippen LogP) is 4.15. The molecule has 0 unspecified atom stereocenters. The lowest BCUT2D eigenvalue weighted by atomic mass is 9.92. The first-order valence-corrected chi connectivity index (χ1v) is 9.78.